The molecule has 4 heteroatoms. The fourth-order valence-electron chi connectivity index (χ4n) is 2.57. The van der Waals surface area contributed by atoms with Gasteiger partial charge in [-0.25, -0.2) is 4.39 Å². The number of alkyl halides is 1. The number of hydrogen-bond donors (Lipinski definition) is 3. The Hall–Kier alpha value is -0.190. The van der Waals surface area contributed by atoms with E-state index in [1.54, 1.807) is 6.92 Å². The summed E-state index contributed by atoms with van der Waals surface area (Å²) in [5.74, 6) is -0.434. The van der Waals surface area contributed by atoms with E-state index in [1.165, 1.54) is 0 Å². The van der Waals surface area contributed by atoms with Gasteiger partial charge in [0.05, 0.1) is 12.2 Å². The van der Waals surface area contributed by atoms with Gasteiger partial charge in [0.1, 0.15) is 6.17 Å². The second-order valence-electron chi connectivity index (χ2n) is 4.55. The summed E-state index contributed by atoms with van der Waals surface area (Å²) in [6, 6.07) is 0. The molecule has 2 rings (SSSR count). The van der Waals surface area contributed by atoms with Gasteiger partial charge in [-0.1, -0.05) is 6.92 Å². The fourth-order valence-corrected chi connectivity index (χ4v) is 2.57. The lowest BCUT2D eigenvalue weighted by molar-refractivity contribution is -0.0816. The van der Waals surface area contributed by atoms with Crippen LogP contribution in [0.25, 0.3) is 0 Å². The van der Waals surface area contributed by atoms with Crippen molar-refractivity contribution < 1.29 is 14.6 Å². The molecule has 1 spiro atoms. The van der Waals surface area contributed by atoms with Crippen LogP contribution in [0, 0.1) is 5.92 Å². The van der Waals surface area contributed by atoms with E-state index < -0.39 is 24.3 Å². The molecule has 0 amide bonds. The standard InChI is InChI=1S/C10H18FNO2/c1-2-6(11)8-9(14)7(13)5-12-10(8)3-4-10/h6-9,12-14H,2-5H2,1H3/t6?,7-,8-,9+/m1/s1. The summed E-state index contributed by atoms with van der Waals surface area (Å²) in [5, 5.41) is 22.4. The van der Waals surface area contributed by atoms with E-state index in [0.717, 1.165) is 12.8 Å². The highest BCUT2D eigenvalue weighted by molar-refractivity contribution is 5.14. The van der Waals surface area contributed by atoms with Crippen LogP contribution in [-0.2, 0) is 0 Å². The van der Waals surface area contributed by atoms with Crippen LogP contribution in [0.1, 0.15) is 26.2 Å². The number of β-amino-alcohol motifs (C(OH)–C–C–N with tert-alkyl or cyclic N) is 1. The monoisotopic (exact) mass is 203 g/mol. The van der Waals surface area contributed by atoms with E-state index in [1.807, 2.05) is 0 Å². The molecule has 2 aliphatic rings. The Morgan fingerprint density at radius 1 is 1.50 bits per heavy atom. The van der Waals surface area contributed by atoms with Crippen LogP contribution >= 0.6 is 0 Å². The maximum atomic E-state index is 13.7. The van der Waals surface area contributed by atoms with Crippen molar-refractivity contribution in [3.8, 4) is 0 Å². The SMILES string of the molecule is CCC(F)[C@@H]1[C@@H](O)[C@H](O)CNC12CC2. The first kappa shape index (κ1) is 10.3. The molecule has 1 aliphatic carbocycles. The molecule has 82 valence electrons. The third-order valence-electron chi connectivity index (χ3n) is 3.63. The van der Waals surface area contributed by atoms with E-state index in [2.05, 4.69) is 5.32 Å². The molecule has 1 unspecified atom stereocenters. The first-order valence-corrected chi connectivity index (χ1v) is 5.36. The summed E-state index contributed by atoms with van der Waals surface area (Å²) in [6.45, 7) is 2.16. The van der Waals surface area contributed by atoms with Gasteiger partial charge in [0.2, 0.25) is 0 Å². The second kappa shape index (κ2) is 3.43. The summed E-state index contributed by atoms with van der Waals surface area (Å²) in [5.41, 5.74) is -0.214. The molecule has 3 nitrogen and oxygen atoms in total. The molecule has 1 saturated carbocycles. The molecule has 0 radical (unpaired) electrons. The van der Waals surface area contributed by atoms with Gasteiger partial charge >= 0.3 is 0 Å². The fraction of sp³-hybridized carbons (Fsp3) is 1.00. The number of piperidine rings is 1. The summed E-state index contributed by atoms with van der Waals surface area (Å²) in [4.78, 5) is 0. The molecular weight excluding hydrogens is 185 g/mol. The highest BCUT2D eigenvalue weighted by Crippen LogP contribution is 2.48. The molecule has 1 heterocycles. The highest BCUT2D eigenvalue weighted by atomic mass is 19.1. The Morgan fingerprint density at radius 3 is 2.64 bits per heavy atom. The van der Waals surface area contributed by atoms with E-state index in [9.17, 15) is 14.6 Å². The Morgan fingerprint density at radius 2 is 2.14 bits per heavy atom. The van der Waals surface area contributed by atoms with Gasteiger partial charge in [-0.3, -0.25) is 0 Å². The van der Waals surface area contributed by atoms with Crippen LogP contribution in [0.5, 0.6) is 0 Å². The third-order valence-corrected chi connectivity index (χ3v) is 3.63. The van der Waals surface area contributed by atoms with Crippen molar-refractivity contribution >= 4 is 0 Å². The van der Waals surface area contributed by atoms with Crippen LogP contribution in [0.15, 0.2) is 0 Å². The van der Waals surface area contributed by atoms with Gasteiger partial charge in [-0.2, -0.15) is 0 Å². The predicted octanol–water partition coefficient (Wildman–Crippen LogP) is 0.208. The number of aliphatic hydroxyl groups excluding tert-OH is 2. The highest BCUT2D eigenvalue weighted by Gasteiger charge is 2.58. The molecule has 3 N–H and O–H groups in total. The Bertz CT molecular complexity index is 220. The Kier molecular flexibility index (Phi) is 2.53. The van der Waals surface area contributed by atoms with Crippen molar-refractivity contribution in [3.05, 3.63) is 0 Å². The number of rotatable bonds is 2. The average Bonchev–Trinajstić information content (AvgIpc) is 2.93. The number of aliphatic hydroxyl groups is 2. The number of hydrogen-bond acceptors (Lipinski definition) is 3. The minimum Gasteiger partial charge on any atom is -0.390 e. The van der Waals surface area contributed by atoms with Crippen molar-refractivity contribution in [1.82, 2.24) is 5.32 Å². The lowest BCUT2D eigenvalue weighted by Crippen LogP contribution is -2.60. The molecular formula is C10H18FNO2. The van der Waals surface area contributed by atoms with Crippen LogP contribution in [0.2, 0.25) is 0 Å². The van der Waals surface area contributed by atoms with Crippen LogP contribution in [-0.4, -0.2) is 40.7 Å². The summed E-state index contributed by atoms with van der Waals surface area (Å²) >= 11 is 0. The van der Waals surface area contributed by atoms with E-state index in [4.69, 9.17) is 0 Å². The molecule has 0 bridgehead atoms. The number of nitrogens with one attached hydrogen (secondary N) is 1. The van der Waals surface area contributed by atoms with Crippen molar-refractivity contribution in [1.29, 1.82) is 0 Å². The van der Waals surface area contributed by atoms with Gasteiger partial charge in [0, 0.05) is 18.0 Å². The van der Waals surface area contributed by atoms with Gasteiger partial charge in [-0.15, -0.1) is 0 Å². The van der Waals surface area contributed by atoms with Crippen molar-refractivity contribution in [2.24, 2.45) is 5.92 Å². The first-order chi connectivity index (χ1) is 6.60. The van der Waals surface area contributed by atoms with Crippen LogP contribution in [0.4, 0.5) is 4.39 Å². The second-order valence-corrected chi connectivity index (χ2v) is 4.55. The van der Waals surface area contributed by atoms with Gasteiger partial charge in [0.25, 0.3) is 0 Å². The van der Waals surface area contributed by atoms with Crippen LogP contribution in [0.3, 0.4) is 0 Å². The van der Waals surface area contributed by atoms with Crippen molar-refractivity contribution in [2.45, 2.75) is 50.1 Å². The van der Waals surface area contributed by atoms with E-state index in [0.29, 0.717) is 13.0 Å². The summed E-state index contributed by atoms with van der Waals surface area (Å²) < 4.78 is 13.7. The third kappa shape index (κ3) is 1.45. The molecule has 1 saturated heterocycles. The zero-order valence-corrected chi connectivity index (χ0v) is 8.41. The van der Waals surface area contributed by atoms with Crippen molar-refractivity contribution in [3.63, 3.8) is 0 Å². The topological polar surface area (TPSA) is 52.5 Å². The molecule has 4 atom stereocenters. The van der Waals surface area contributed by atoms with Gasteiger partial charge in [-0.05, 0) is 19.3 Å². The van der Waals surface area contributed by atoms with Gasteiger partial charge in [0.15, 0.2) is 0 Å². The lowest BCUT2D eigenvalue weighted by Gasteiger charge is -2.41. The van der Waals surface area contributed by atoms with Crippen molar-refractivity contribution in [2.75, 3.05) is 6.54 Å². The maximum Gasteiger partial charge on any atom is 0.107 e. The maximum absolute atomic E-state index is 13.7. The van der Waals surface area contributed by atoms with Gasteiger partial charge < -0.3 is 15.5 Å². The smallest absolute Gasteiger partial charge is 0.107 e. The molecule has 0 aromatic heterocycles. The molecule has 2 fully saturated rings. The number of halogens is 1. The summed E-state index contributed by atoms with van der Waals surface area (Å²) in [7, 11) is 0. The zero-order chi connectivity index (χ0) is 10.3. The quantitative estimate of drug-likeness (QED) is 0.601. The molecule has 0 aromatic rings. The molecule has 14 heavy (non-hydrogen) atoms. The van der Waals surface area contributed by atoms with E-state index in [-0.39, 0.29) is 5.54 Å². The molecule has 0 aromatic carbocycles. The molecule has 1 aliphatic heterocycles. The predicted molar refractivity (Wildman–Crippen MR) is 50.7 cm³/mol. The minimum absolute atomic E-state index is 0.214. The largest absolute Gasteiger partial charge is 0.390 e. The minimum atomic E-state index is -1.02. The first-order valence-electron chi connectivity index (χ1n) is 5.36. The normalized spacial score (nSPS) is 42.4. The Labute approximate surface area is 83.3 Å². The zero-order valence-electron chi connectivity index (χ0n) is 8.41. The summed E-state index contributed by atoms with van der Waals surface area (Å²) in [6.07, 6.45) is -0.513. The lowest BCUT2D eigenvalue weighted by atomic mass is 9.80. The van der Waals surface area contributed by atoms with E-state index >= 15 is 0 Å². The average molecular weight is 203 g/mol. The Balaban J connectivity index is 2.14. The van der Waals surface area contributed by atoms with Crippen LogP contribution < -0.4 is 5.32 Å².